The molecule has 200 valence electrons. The summed E-state index contributed by atoms with van der Waals surface area (Å²) >= 11 is 0. The maximum absolute atomic E-state index is 13.9. The third-order valence-electron chi connectivity index (χ3n) is 6.63. The van der Waals surface area contributed by atoms with Crippen LogP contribution in [0.15, 0.2) is 59.8 Å². The number of aromatic nitrogens is 4. The highest BCUT2D eigenvalue weighted by Crippen LogP contribution is 2.28. The lowest BCUT2D eigenvalue weighted by atomic mass is 10.1. The second-order valence-corrected chi connectivity index (χ2v) is 10.7. The number of nitrogens with one attached hydrogen (secondary N) is 2. The second-order valence-electron chi connectivity index (χ2n) is 10.7. The number of aromatic amines is 1. The second kappa shape index (κ2) is 10.6. The molecule has 39 heavy (non-hydrogen) atoms. The standard InChI is InChI=1S/C29H31N7O3/c1-29(2,3)39-28(38)33-22-11-7-13-35(18-22)27-34-24-23(20-10-6-12-31-15-20)16-32-25(24)26(37)36(27)17-21-9-5-4-8-19(21)14-30/h4-6,8-10,12,15-16,22,32H,7,11,13,17-18H2,1-3H3,(H,33,38)/t22-/m1/s1. The first kappa shape index (κ1) is 26.0. The van der Waals surface area contributed by atoms with Crippen LogP contribution >= 0.6 is 0 Å². The zero-order valence-electron chi connectivity index (χ0n) is 22.3. The predicted molar refractivity (Wildman–Crippen MR) is 148 cm³/mol. The van der Waals surface area contributed by atoms with Gasteiger partial charge in [0.15, 0.2) is 0 Å². The fourth-order valence-corrected chi connectivity index (χ4v) is 4.90. The number of carbonyl (C=O) groups is 1. The van der Waals surface area contributed by atoms with Crippen molar-refractivity contribution >= 4 is 23.1 Å². The molecule has 1 atom stereocenters. The van der Waals surface area contributed by atoms with Gasteiger partial charge in [0.1, 0.15) is 16.6 Å². The quantitative estimate of drug-likeness (QED) is 0.399. The number of fused-ring (bicyclic) bond motifs is 1. The molecular formula is C29H31N7O3. The lowest BCUT2D eigenvalue weighted by Crippen LogP contribution is -2.50. The molecule has 0 radical (unpaired) electrons. The fourth-order valence-electron chi connectivity index (χ4n) is 4.90. The number of H-pyrrole nitrogens is 1. The van der Waals surface area contributed by atoms with Gasteiger partial charge in [0.25, 0.3) is 5.56 Å². The van der Waals surface area contributed by atoms with Gasteiger partial charge in [-0.25, -0.2) is 9.78 Å². The molecule has 10 nitrogen and oxygen atoms in total. The van der Waals surface area contributed by atoms with Gasteiger partial charge in [-0.3, -0.25) is 14.3 Å². The minimum Gasteiger partial charge on any atom is -0.444 e. The molecule has 0 unspecified atom stereocenters. The Morgan fingerprint density at radius 3 is 2.82 bits per heavy atom. The van der Waals surface area contributed by atoms with Gasteiger partial charge in [0, 0.05) is 48.8 Å². The lowest BCUT2D eigenvalue weighted by Gasteiger charge is -2.35. The van der Waals surface area contributed by atoms with Crippen molar-refractivity contribution in [3.05, 3.63) is 76.5 Å². The van der Waals surface area contributed by atoms with Gasteiger partial charge in [-0.15, -0.1) is 0 Å². The molecule has 3 aromatic heterocycles. The van der Waals surface area contributed by atoms with Crippen molar-refractivity contribution in [3.63, 3.8) is 0 Å². The van der Waals surface area contributed by atoms with Crippen LogP contribution < -0.4 is 15.8 Å². The van der Waals surface area contributed by atoms with Crippen LogP contribution in [0.4, 0.5) is 10.7 Å². The topological polar surface area (TPSA) is 129 Å². The number of benzene rings is 1. The first-order valence-corrected chi connectivity index (χ1v) is 13.0. The number of anilines is 1. The number of carbonyl (C=O) groups excluding carboxylic acids is 1. The minimum atomic E-state index is -0.601. The average molecular weight is 526 g/mol. The number of pyridine rings is 1. The highest BCUT2D eigenvalue weighted by molar-refractivity contribution is 5.92. The summed E-state index contributed by atoms with van der Waals surface area (Å²) < 4.78 is 7.07. The number of piperidine rings is 1. The van der Waals surface area contributed by atoms with Crippen LogP contribution in [-0.2, 0) is 11.3 Å². The zero-order valence-corrected chi connectivity index (χ0v) is 22.3. The summed E-state index contributed by atoms with van der Waals surface area (Å²) in [7, 11) is 0. The van der Waals surface area contributed by atoms with Crippen molar-refractivity contribution in [3.8, 4) is 17.2 Å². The Morgan fingerprint density at radius 2 is 2.08 bits per heavy atom. The van der Waals surface area contributed by atoms with E-state index in [0.717, 1.165) is 29.5 Å². The molecule has 0 bridgehead atoms. The summed E-state index contributed by atoms with van der Waals surface area (Å²) in [5.74, 6) is 0.487. The zero-order chi connectivity index (χ0) is 27.6. The van der Waals surface area contributed by atoms with Gasteiger partial charge in [0.2, 0.25) is 5.95 Å². The third kappa shape index (κ3) is 5.62. The van der Waals surface area contributed by atoms with E-state index in [1.807, 2.05) is 49.9 Å². The Labute approximate surface area is 226 Å². The molecule has 0 aliphatic carbocycles. The van der Waals surface area contributed by atoms with Crippen LogP contribution in [0.1, 0.15) is 44.7 Å². The molecule has 1 aromatic carbocycles. The number of nitrogens with zero attached hydrogens (tertiary/aromatic N) is 5. The maximum atomic E-state index is 13.9. The molecule has 4 aromatic rings. The molecule has 0 spiro atoms. The molecule has 1 saturated heterocycles. The monoisotopic (exact) mass is 525 g/mol. The van der Waals surface area contributed by atoms with Crippen LogP contribution in [-0.4, -0.2) is 50.3 Å². The first-order valence-electron chi connectivity index (χ1n) is 13.0. The van der Waals surface area contributed by atoms with Gasteiger partial charge < -0.3 is 19.9 Å². The number of nitriles is 1. The highest BCUT2D eigenvalue weighted by Gasteiger charge is 2.28. The van der Waals surface area contributed by atoms with Gasteiger partial charge in [-0.05, 0) is 51.3 Å². The lowest BCUT2D eigenvalue weighted by molar-refractivity contribution is 0.0499. The van der Waals surface area contributed by atoms with Gasteiger partial charge >= 0.3 is 6.09 Å². The molecule has 0 saturated carbocycles. The number of ether oxygens (including phenoxy) is 1. The van der Waals surface area contributed by atoms with E-state index in [2.05, 4.69) is 21.4 Å². The Hall–Kier alpha value is -4.65. The van der Waals surface area contributed by atoms with Crippen LogP contribution in [0.25, 0.3) is 22.2 Å². The first-order chi connectivity index (χ1) is 18.7. The van der Waals surface area contributed by atoms with Gasteiger partial charge in [0.05, 0.1) is 18.2 Å². The Balaban J connectivity index is 1.58. The number of hydrogen-bond donors (Lipinski definition) is 2. The maximum Gasteiger partial charge on any atom is 0.407 e. The average Bonchev–Trinajstić information content (AvgIpc) is 3.34. The summed E-state index contributed by atoms with van der Waals surface area (Å²) in [6, 6.07) is 13.0. The SMILES string of the molecule is CC(C)(C)OC(=O)N[C@@H]1CCCN(c2nc3c(-c4cccnc4)c[nH]c3c(=O)n2Cc2ccccc2C#N)C1. The summed E-state index contributed by atoms with van der Waals surface area (Å²) in [5, 5.41) is 12.6. The molecule has 1 amide bonds. The van der Waals surface area contributed by atoms with E-state index in [4.69, 9.17) is 9.72 Å². The molecule has 1 aliphatic heterocycles. The predicted octanol–water partition coefficient (Wildman–Crippen LogP) is 4.20. The Bertz CT molecular complexity index is 1600. The number of rotatable bonds is 5. The van der Waals surface area contributed by atoms with E-state index >= 15 is 0 Å². The van der Waals surface area contributed by atoms with E-state index < -0.39 is 11.7 Å². The van der Waals surface area contributed by atoms with E-state index in [9.17, 15) is 14.9 Å². The number of amides is 1. The van der Waals surface area contributed by atoms with Crippen LogP contribution in [0.5, 0.6) is 0 Å². The van der Waals surface area contributed by atoms with Crippen molar-refractivity contribution in [1.82, 2.24) is 24.8 Å². The number of alkyl carbamates (subject to hydrolysis) is 1. The largest absolute Gasteiger partial charge is 0.444 e. The number of hydrogen-bond acceptors (Lipinski definition) is 7. The van der Waals surface area contributed by atoms with Crippen molar-refractivity contribution < 1.29 is 9.53 Å². The summed E-state index contributed by atoms with van der Waals surface area (Å²) in [4.78, 5) is 40.8. The fraction of sp³-hybridized carbons (Fsp3) is 0.345. The summed E-state index contributed by atoms with van der Waals surface area (Å²) in [6.45, 7) is 6.79. The molecule has 5 rings (SSSR count). The van der Waals surface area contributed by atoms with Crippen molar-refractivity contribution in [2.45, 2.75) is 51.8 Å². The minimum absolute atomic E-state index is 0.176. The highest BCUT2D eigenvalue weighted by atomic mass is 16.6. The molecule has 10 heteroatoms. The normalized spacial score (nSPS) is 15.6. The van der Waals surface area contributed by atoms with Crippen LogP contribution in [0.3, 0.4) is 0 Å². The van der Waals surface area contributed by atoms with E-state index in [1.54, 1.807) is 35.3 Å². The Kier molecular flexibility index (Phi) is 7.07. The molecule has 4 heterocycles. The van der Waals surface area contributed by atoms with E-state index in [-0.39, 0.29) is 18.1 Å². The van der Waals surface area contributed by atoms with E-state index in [1.165, 1.54) is 0 Å². The molecule has 1 aliphatic rings. The molecule has 2 N–H and O–H groups in total. The molecule has 1 fully saturated rings. The van der Waals surface area contributed by atoms with Crippen LogP contribution in [0, 0.1) is 11.3 Å². The Morgan fingerprint density at radius 1 is 1.26 bits per heavy atom. The van der Waals surface area contributed by atoms with Crippen molar-refractivity contribution in [2.75, 3.05) is 18.0 Å². The van der Waals surface area contributed by atoms with Crippen LogP contribution in [0.2, 0.25) is 0 Å². The van der Waals surface area contributed by atoms with Gasteiger partial charge in [-0.1, -0.05) is 24.3 Å². The molecular weight excluding hydrogens is 494 g/mol. The van der Waals surface area contributed by atoms with Crippen molar-refractivity contribution in [1.29, 1.82) is 5.26 Å². The third-order valence-corrected chi connectivity index (χ3v) is 6.63. The van der Waals surface area contributed by atoms with Gasteiger partial charge in [-0.2, -0.15) is 5.26 Å². The summed E-state index contributed by atoms with van der Waals surface area (Å²) in [5.41, 5.74) is 2.95. The van der Waals surface area contributed by atoms with Crippen molar-refractivity contribution in [2.24, 2.45) is 0 Å². The smallest absolute Gasteiger partial charge is 0.407 e. The summed E-state index contributed by atoms with van der Waals surface area (Å²) in [6.07, 6.45) is 6.32. The van der Waals surface area contributed by atoms with E-state index in [0.29, 0.717) is 35.6 Å².